The Morgan fingerprint density at radius 3 is 2.33 bits per heavy atom. The molecule has 0 bridgehead atoms. The predicted octanol–water partition coefficient (Wildman–Crippen LogP) is 6.03. The van der Waals surface area contributed by atoms with Crippen molar-refractivity contribution in [3.8, 4) is 12.1 Å². The Morgan fingerprint density at radius 2 is 1.57 bits per heavy atom. The van der Waals surface area contributed by atoms with Gasteiger partial charge in [0.1, 0.15) is 18.0 Å². The van der Waals surface area contributed by atoms with E-state index in [4.69, 9.17) is 0 Å². The summed E-state index contributed by atoms with van der Waals surface area (Å²) < 4.78 is 0. The molecule has 0 spiro atoms. The summed E-state index contributed by atoms with van der Waals surface area (Å²) in [7, 11) is 0. The second-order valence-corrected chi connectivity index (χ2v) is 11.6. The second kappa shape index (κ2) is 13.6. The molecule has 1 amide bonds. The van der Waals surface area contributed by atoms with Gasteiger partial charge in [-0.1, -0.05) is 61.0 Å². The molecule has 0 unspecified atom stereocenters. The molecule has 216 valence electrons. The van der Waals surface area contributed by atoms with Gasteiger partial charge in [-0.15, -0.1) is 0 Å². The second-order valence-electron chi connectivity index (χ2n) is 11.6. The average Bonchev–Trinajstić information content (AvgIpc) is 3.39. The molecule has 7 nitrogen and oxygen atoms in total. The number of amides is 1. The van der Waals surface area contributed by atoms with E-state index < -0.39 is 0 Å². The fraction of sp³-hybridized carbons (Fsp3) is 0.400. The molecular formula is C35H40N6O. The van der Waals surface area contributed by atoms with E-state index in [1.165, 1.54) is 30.2 Å². The number of anilines is 1. The summed E-state index contributed by atoms with van der Waals surface area (Å²) in [5.41, 5.74) is 3.39. The number of likely N-dealkylation sites (tertiary alicyclic amines) is 1. The Balaban J connectivity index is 1.30. The fourth-order valence-electron chi connectivity index (χ4n) is 6.36. The number of rotatable bonds is 9. The summed E-state index contributed by atoms with van der Waals surface area (Å²) in [4.78, 5) is 22.2. The molecule has 0 atom stereocenters. The zero-order chi connectivity index (χ0) is 29.5. The van der Waals surface area contributed by atoms with E-state index >= 15 is 0 Å². The molecule has 2 aliphatic heterocycles. The van der Waals surface area contributed by atoms with Crippen molar-refractivity contribution in [2.24, 2.45) is 0 Å². The first-order chi connectivity index (χ1) is 20.5. The summed E-state index contributed by atoms with van der Waals surface area (Å²) in [5.74, 6) is 0.669. The quantitative estimate of drug-likeness (QED) is 0.297. The van der Waals surface area contributed by atoms with Gasteiger partial charge in [0.15, 0.2) is 5.57 Å². The Kier molecular flexibility index (Phi) is 9.41. The van der Waals surface area contributed by atoms with E-state index in [9.17, 15) is 15.3 Å². The number of nitrogens with zero attached hydrogens (tertiary/aromatic N) is 6. The maximum absolute atomic E-state index is 13.7. The minimum absolute atomic E-state index is 0.00738. The summed E-state index contributed by atoms with van der Waals surface area (Å²) in [5, 5.41) is 22.0. The van der Waals surface area contributed by atoms with Gasteiger partial charge in [-0.25, -0.2) is 0 Å². The molecule has 2 saturated heterocycles. The highest BCUT2D eigenvalue weighted by atomic mass is 16.2. The summed E-state index contributed by atoms with van der Waals surface area (Å²) in [6, 6.07) is 27.1. The topological polar surface area (TPSA) is 77.6 Å². The molecule has 2 aliphatic rings. The molecule has 7 heteroatoms. The van der Waals surface area contributed by atoms with Crippen LogP contribution >= 0.6 is 0 Å². The van der Waals surface area contributed by atoms with Gasteiger partial charge in [0, 0.05) is 50.9 Å². The van der Waals surface area contributed by atoms with Crippen LogP contribution in [0.15, 0.2) is 78.1 Å². The monoisotopic (exact) mass is 560 g/mol. The standard InChI is InChI=1S/C35H40N6O/c1-27(2)41(32-14-8-10-28(22-32)25-38-17-6-3-7-18-38)34(42)16-19-39-20-21-40(35(39)31(23-36)24-37)26-30-13-9-12-29-11-4-5-15-33(29)30/h4-5,8-15,22,27H,3,6-7,16-21,25-26H2,1-2H3. The Labute approximate surface area is 249 Å². The number of carbonyl (C=O) groups excluding carboxylic acids is 1. The minimum atomic E-state index is 0.00738. The lowest BCUT2D eigenvalue weighted by Crippen LogP contribution is -2.39. The highest BCUT2D eigenvalue weighted by Gasteiger charge is 2.30. The molecular weight excluding hydrogens is 520 g/mol. The zero-order valence-electron chi connectivity index (χ0n) is 24.8. The molecule has 0 N–H and O–H groups in total. The first kappa shape index (κ1) is 29.2. The molecule has 0 saturated carbocycles. The SMILES string of the molecule is CC(C)N(C(=O)CCN1CCN(Cc2cccc3ccccc23)C1=C(C#N)C#N)c1cccc(CN2CCCCC2)c1. The van der Waals surface area contributed by atoms with Crippen molar-refractivity contribution in [3.05, 3.63) is 89.3 Å². The molecule has 0 aromatic heterocycles. The van der Waals surface area contributed by atoms with Crippen LogP contribution in [0.25, 0.3) is 10.8 Å². The number of nitriles is 2. The van der Waals surface area contributed by atoms with Gasteiger partial charge in [0.05, 0.1) is 0 Å². The maximum atomic E-state index is 13.7. The average molecular weight is 561 g/mol. The number of allylic oxidation sites excluding steroid dienone is 1. The lowest BCUT2D eigenvalue weighted by atomic mass is 10.0. The van der Waals surface area contributed by atoms with Crippen molar-refractivity contribution in [1.29, 1.82) is 10.5 Å². The first-order valence-electron chi connectivity index (χ1n) is 15.1. The molecule has 3 aromatic carbocycles. The number of piperidine rings is 1. The van der Waals surface area contributed by atoms with Crippen LogP contribution in [-0.2, 0) is 17.9 Å². The lowest BCUT2D eigenvalue weighted by molar-refractivity contribution is -0.119. The summed E-state index contributed by atoms with van der Waals surface area (Å²) in [6.07, 6.45) is 4.11. The van der Waals surface area contributed by atoms with Crippen LogP contribution in [0.5, 0.6) is 0 Å². The van der Waals surface area contributed by atoms with E-state index in [0.717, 1.165) is 36.3 Å². The number of fused-ring (bicyclic) bond motifs is 1. The van der Waals surface area contributed by atoms with Gasteiger partial charge in [0.2, 0.25) is 5.91 Å². The largest absolute Gasteiger partial charge is 0.354 e. The van der Waals surface area contributed by atoms with Gasteiger partial charge in [-0.2, -0.15) is 10.5 Å². The van der Waals surface area contributed by atoms with Gasteiger partial charge in [-0.05, 0) is 73.8 Å². The highest BCUT2D eigenvalue weighted by Crippen LogP contribution is 2.28. The normalized spacial score (nSPS) is 15.6. The molecule has 0 radical (unpaired) electrons. The number of benzene rings is 3. The van der Waals surface area contributed by atoms with Crippen LogP contribution < -0.4 is 4.90 Å². The van der Waals surface area contributed by atoms with Crippen molar-refractivity contribution in [2.45, 2.75) is 58.7 Å². The summed E-state index contributed by atoms with van der Waals surface area (Å²) >= 11 is 0. The maximum Gasteiger partial charge on any atom is 0.229 e. The zero-order valence-corrected chi connectivity index (χ0v) is 24.8. The van der Waals surface area contributed by atoms with Crippen LogP contribution in [0.2, 0.25) is 0 Å². The number of hydrogen-bond acceptors (Lipinski definition) is 6. The van der Waals surface area contributed by atoms with Crippen LogP contribution in [0.1, 0.15) is 50.7 Å². The van der Waals surface area contributed by atoms with Crippen molar-refractivity contribution in [3.63, 3.8) is 0 Å². The van der Waals surface area contributed by atoms with E-state index in [1.807, 2.05) is 47.9 Å². The molecule has 3 aromatic rings. The molecule has 2 fully saturated rings. The van der Waals surface area contributed by atoms with Crippen molar-refractivity contribution in [2.75, 3.05) is 37.6 Å². The van der Waals surface area contributed by atoms with Crippen molar-refractivity contribution in [1.82, 2.24) is 14.7 Å². The van der Waals surface area contributed by atoms with Crippen molar-refractivity contribution < 1.29 is 4.79 Å². The lowest BCUT2D eigenvalue weighted by Gasteiger charge is -2.30. The Hall–Kier alpha value is -4.33. The van der Waals surface area contributed by atoms with Crippen LogP contribution in [-0.4, -0.2) is 59.4 Å². The van der Waals surface area contributed by atoms with Crippen molar-refractivity contribution >= 4 is 22.4 Å². The fourth-order valence-corrected chi connectivity index (χ4v) is 6.36. The molecule has 0 aliphatic carbocycles. The van der Waals surface area contributed by atoms with Crippen LogP contribution in [0, 0.1) is 22.7 Å². The molecule has 42 heavy (non-hydrogen) atoms. The van der Waals surface area contributed by atoms with Gasteiger partial charge in [0.25, 0.3) is 0 Å². The number of hydrogen-bond donors (Lipinski definition) is 0. The number of carbonyl (C=O) groups is 1. The van der Waals surface area contributed by atoms with Gasteiger partial charge < -0.3 is 14.7 Å². The third-order valence-electron chi connectivity index (χ3n) is 8.35. The first-order valence-corrected chi connectivity index (χ1v) is 15.1. The molecule has 2 heterocycles. The summed E-state index contributed by atoms with van der Waals surface area (Å²) in [6.45, 7) is 9.66. The third kappa shape index (κ3) is 6.59. The molecule has 5 rings (SSSR count). The van der Waals surface area contributed by atoms with Crippen LogP contribution in [0.4, 0.5) is 5.69 Å². The Morgan fingerprint density at radius 1 is 0.857 bits per heavy atom. The third-order valence-corrected chi connectivity index (χ3v) is 8.35. The van der Waals surface area contributed by atoms with E-state index in [-0.39, 0.29) is 17.5 Å². The van der Waals surface area contributed by atoms with E-state index in [2.05, 4.69) is 64.4 Å². The van der Waals surface area contributed by atoms with E-state index in [0.29, 0.717) is 38.4 Å². The minimum Gasteiger partial charge on any atom is -0.354 e. The highest BCUT2D eigenvalue weighted by molar-refractivity contribution is 5.94. The smallest absolute Gasteiger partial charge is 0.229 e. The van der Waals surface area contributed by atoms with Gasteiger partial charge in [-0.3, -0.25) is 9.69 Å². The van der Waals surface area contributed by atoms with E-state index in [1.54, 1.807) is 0 Å². The Bertz CT molecular complexity index is 1500. The van der Waals surface area contributed by atoms with Gasteiger partial charge >= 0.3 is 0 Å². The predicted molar refractivity (Wildman–Crippen MR) is 167 cm³/mol. The van der Waals surface area contributed by atoms with Crippen LogP contribution in [0.3, 0.4) is 0 Å².